The topological polar surface area (TPSA) is 81.7 Å². The zero-order valence-electron chi connectivity index (χ0n) is 15.1. The molecule has 6 heteroatoms. The summed E-state index contributed by atoms with van der Waals surface area (Å²) in [6.45, 7) is 8.48. The van der Waals surface area contributed by atoms with E-state index in [-0.39, 0.29) is 19.0 Å². The molecule has 2 amide bonds. The molecule has 1 aromatic rings. The van der Waals surface area contributed by atoms with Crippen LogP contribution in [0.5, 0.6) is 0 Å². The van der Waals surface area contributed by atoms with Gasteiger partial charge in [-0.2, -0.15) is 0 Å². The van der Waals surface area contributed by atoms with E-state index in [1.54, 1.807) is 0 Å². The highest BCUT2D eigenvalue weighted by molar-refractivity contribution is 5.74. The number of amides is 2. The van der Waals surface area contributed by atoms with Crippen molar-refractivity contribution < 1.29 is 14.7 Å². The van der Waals surface area contributed by atoms with Crippen LogP contribution in [0.1, 0.15) is 37.8 Å². The minimum atomic E-state index is -0.923. The van der Waals surface area contributed by atoms with Crippen molar-refractivity contribution in [3.8, 4) is 0 Å². The van der Waals surface area contributed by atoms with Gasteiger partial charge >= 0.3 is 12.0 Å². The highest BCUT2D eigenvalue weighted by Gasteiger charge is 2.21. The molecule has 0 bridgehead atoms. The van der Waals surface area contributed by atoms with Gasteiger partial charge in [-0.1, -0.05) is 38.1 Å². The van der Waals surface area contributed by atoms with Crippen LogP contribution >= 0.6 is 0 Å². The molecule has 2 atom stereocenters. The van der Waals surface area contributed by atoms with Gasteiger partial charge in [0, 0.05) is 32.7 Å². The quantitative estimate of drug-likeness (QED) is 0.708. The van der Waals surface area contributed by atoms with Crippen LogP contribution in [0, 0.1) is 11.8 Å². The van der Waals surface area contributed by atoms with Gasteiger partial charge in [0.25, 0.3) is 0 Å². The third-order valence-electron chi connectivity index (χ3n) is 4.45. The summed E-state index contributed by atoms with van der Waals surface area (Å²) in [5.74, 6) is 0.590. The number of hydrogen-bond acceptors (Lipinski definition) is 3. The normalized spacial score (nSPS) is 20.9. The van der Waals surface area contributed by atoms with Crippen molar-refractivity contribution in [1.29, 1.82) is 0 Å². The van der Waals surface area contributed by atoms with Gasteiger partial charge in [0.15, 0.2) is 0 Å². The largest absolute Gasteiger partial charge is 0.481 e. The number of carbonyl (C=O) groups is 2. The lowest BCUT2D eigenvalue weighted by Gasteiger charge is -2.35. The standard InChI is InChI=1S/C19H29N3O3/c1-14-9-15(2)12-22(11-14)13-17-5-3-16(4-6-17)10-21-19(25)20-8-7-18(23)24/h3-6,14-15H,7-13H2,1-2H3,(H,23,24)(H2,20,21,25). The van der Waals surface area contributed by atoms with Crippen molar-refractivity contribution in [2.75, 3.05) is 19.6 Å². The molecule has 3 N–H and O–H groups in total. The Morgan fingerprint density at radius 3 is 2.28 bits per heavy atom. The van der Waals surface area contributed by atoms with Crippen LogP contribution < -0.4 is 10.6 Å². The Bertz CT molecular complexity index is 564. The number of carboxylic acid groups (broad SMARTS) is 1. The van der Waals surface area contributed by atoms with E-state index in [1.165, 1.54) is 12.0 Å². The van der Waals surface area contributed by atoms with Crippen LogP contribution in [0.2, 0.25) is 0 Å². The number of nitrogens with one attached hydrogen (secondary N) is 2. The molecule has 0 radical (unpaired) electrons. The van der Waals surface area contributed by atoms with E-state index >= 15 is 0 Å². The van der Waals surface area contributed by atoms with Crippen molar-refractivity contribution in [3.05, 3.63) is 35.4 Å². The maximum Gasteiger partial charge on any atom is 0.315 e. The Labute approximate surface area is 149 Å². The summed E-state index contributed by atoms with van der Waals surface area (Å²) in [4.78, 5) is 24.5. The lowest BCUT2D eigenvalue weighted by molar-refractivity contribution is -0.136. The number of benzene rings is 1. The molecular formula is C19H29N3O3. The van der Waals surface area contributed by atoms with Crippen LogP contribution in [-0.4, -0.2) is 41.6 Å². The molecule has 1 heterocycles. The number of piperidine rings is 1. The van der Waals surface area contributed by atoms with Crippen molar-refractivity contribution in [1.82, 2.24) is 15.5 Å². The maximum atomic E-state index is 11.6. The minimum Gasteiger partial charge on any atom is -0.481 e. The van der Waals surface area contributed by atoms with Gasteiger partial charge in [-0.3, -0.25) is 9.69 Å². The second-order valence-electron chi connectivity index (χ2n) is 7.21. The van der Waals surface area contributed by atoms with Crippen molar-refractivity contribution in [3.63, 3.8) is 0 Å². The number of hydrogen-bond donors (Lipinski definition) is 3. The fraction of sp³-hybridized carbons (Fsp3) is 0.579. The maximum absolute atomic E-state index is 11.6. The Kier molecular flexibility index (Phi) is 7.25. The number of carboxylic acids is 1. The van der Waals surface area contributed by atoms with E-state index in [4.69, 9.17) is 5.11 Å². The van der Waals surface area contributed by atoms with E-state index < -0.39 is 5.97 Å². The average molecular weight is 347 g/mol. The van der Waals surface area contributed by atoms with Gasteiger partial charge in [-0.15, -0.1) is 0 Å². The van der Waals surface area contributed by atoms with Crippen LogP contribution in [0.15, 0.2) is 24.3 Å². The number of urea groups is 1. The number of carbonyl (C=O) groups excluding carboxylic acids is 1. The first-order valence-electron chi connectivity index (χ1n) is 8.96. The predicted octanol–water partition coefficient (Wildman–Crippen LogP) is 2.44. The predicted molar refractivity (Wildman–Crippen MR) is 97.2 cm³/mol. The highest BCUT2D eigenvalue weighted by Crippen LogP contribution is 2.22. The Morgan fingerprint density at radius 2 is 1.68 bits per heavy atom. The molecule has 2 unspecified atom stereocenters. The van der Waals surface area contributed by atoms with Crippen LogP contribution in [0.4, 0.5) is 4.79 Å². The molecule has 6 nitrogen and oxygen atoms in total. The van der Waals surface area contributed by atoms with E-state index in [1.807, 2.05) is 12.1 Å². The first kappa shape index (κ1) is 19.2. The zero-order valence-corrected chi connectivity index (χ0v) is 15.1. The number of rotatable bonds is 7. The fourth-order valence-electron chi connectivity index (χ4n) is 3.47. The molecule has 0 aliphatic carbocycles. The molecule has 1 aromatic carbocycles. The van der Waals surface area contributed by atoms with E-state index in [9.17, 15) is 9.59 Å². The lowest BCUT2D eigenvalue weighted by atomic mass is 9.91. The Hall–Kier alpha value is -2.08. The van der Waals surface area contributed by atoms with Gasteiger partial charge in [0.2, 0.25) is 0 Å². The molecule has 25 heavy (non-hydrogen) atoms. The first-order chi connectivity index (χ1) is 11.9. The monoisotopic (exact) mass is 347 g/mol. The van der Waals surface area contributed by atoms with E-state index in [0.29, 0.717) is 6.54 Å². The summed E-state index contributed by atoms with van der Waals surface area (Å²) in [7, 11) is 0. The van der Waals surface area contributed by atoms with Gasteiger partial charge in [0.1, 0.15) is 0 Å². The molecule has 1 saturated heterocycles. The van der Waals surface area contributed by atoms with Crippen molar-refractivity contribution >= 4 is 12.0 Å². The molecule has 0 saturated carbocycles. The molecule has 0 aromatic heterocycles. The molecular weight excluding hydrogens is 318 g/mol. The minimum absolute atomic E-state index is 0.0736. The number of likely N-dealkylation sites (tertiary alicyclic amines) is 1. The summed E-state index contributed by atoms with van der Waals surface area (Å²) in [6.07, 6.45) is 1.24. The summed E-state index contributed by atoms with van der Waals surface area (Å²) in [6, 6.07) is 7.95. The Morgan fingerprint density at radius 1 is 1.08 bits per heavy atom. The summed E-state index contributed by atoms with van der Waals surface area (Å²) < 4.78 is 0. The van der Waals surface area contributed by atoms with Crippen LogP contribution in [0.25, 0.3) is 0 Å². The summed E-state index contributed by atoms with van der Waals surface area (Å²) in [5, 5.41) is 13.8. The first-order valence-corrected chi connectivity index (χ1v) is 8.96. The molecule has 1 fully saturated rings. The zero-order chi connectivity index (χ0) is 18.2. The fourth-order valence-corrected chi connectivity index (χ4v) is 3.47. The summed E-state index contributed by atoms with van der Waals surface area (Å²) >= 11 is 0. The van der Waals surface area contributed by atoms with Gasteiger partial charge in [-0.05, 0) is 29.4 Å². The smallest absolute Gasteiger partial charge is 0.315 e. The van der Waals surface area contributed by atoms with Gasteiger partial charge < -0.3 is 15.7 Å². The lowest BCUT2D eigenvalue weighted by Crippen LogP contribution is -2.38. The average Bonchev–Trinajstić information content (AvgIpc) is 2.53. The Balaban J connectivity index is 1.74. The molecule has 1 aliphatic heterocycles. The number of aliphatic carboxylic acids is 1. The number of nitrogens with zero attached hydrogens (tertiary/aromatic N) is 1. The molecule has 2 rings (SSSR count). The highest BCUT2D eigenvalue weighted by atomic mass is 16.4. The van der Waals surface area contributed by atoms with Crippen molar-refractivity contribution in [2.24, 2.45) is 11.8 Å². The molecule has 1 aliphatic rings. The third-order valence-corrected chi connectivity index (χ3v) is 4.45. The third kappa shape index (κ3) is 7.13. The van der Waals surface area contributed by atoms with Gasteiger partial charge in [-0.25, -0.2) is 4.79 Å². The SMILES string of the molecule is CC1CC(C)CN(Cc2ccc(CNC(=O)NCCC(=O)O)cc2)C1. The van der Waals surface area contributed by atoms with Crippen LogP contribution in [0.3, 0.4) is 0 Å². The second-order valence-corrected chi connectivity index (χ2v) is 7.21. The van der Waals surface area contributed by atoms with Crippen molar-refractivity contribution in [2.45, 2.75) is 39.8 Å². The van der Waals surface area contributed by atoms with Gasteiger partial charge in [0.05, 0.1) is 6.42 Å². The molecule has 0 spiro atoms. The molecule has 138 valence electrons. The summed E-state index contributed by atoms with van der Waals surface area (Å²) in [5.41, 5.74) is 2.31. The van der Waals surface area contributed by atoms with Crippen LogP contribution in [-0.2, 0) is 17.9 Å². The second kappa shape index (κ2) is 9.42. The van der Waals surface area contributed by atoms with E-state index in [0.717, 1.165) is 37.0 Å². The van der Waals surface area contributed by atoms with E-state index in [2.05, 4.69) is 41.5 Å².